The van der Waals surface area contributed by atoms with Gasteiger partial charge in [-0.3, -0.25) is 19.1 Å². The maximum absolute atomic E-state index is 13.0. The lowest BCUT2D eigenvalue weighted by Gasteiger charge is -2.32. The summed E-state index contributed by atoms with van der Waals surface area (Å²) in [6.07, 6.45) is 0.938. The van der Waals surface area contributed by atoms with Crippen molar-refractivity contribution >= 4 is 28.3 Å². The first-order valence-corrected chi connectivity index (χ1v) is 10.3. The smallest absolute Gasteiger partial charge is 0.329 e. The molecule has 8 heteroatoms. The van der Waals surface area contributed by atoms with Crippen LogP contribution >= 0.6 is 0 Å². The van der Waals surface area contributed by atoms with E-state index in [1.165, 1.54) is 34.9 Å². The third-order valence-corrected chi connectivity index (χ3v) is 5.82. The molecule has 0 spiro atoms. The Kier molecular flexibility index (Phi) is 4.82. The van der Waals surface area contributed by atoms with Crippen LogP contribution in [0.3, 0.4) is 0 Å². The highest BCUT2D eigenvalue weighted by molar-refractivity contribution is 6.05. The van der Waals surface area contributed by atoms with Crippen molar-refractivity contribution in [3.05, 3.63) is 98.3 Å². The summed E-state index contributed by atoms with van der Waals surface area (Å²) in [6, 6.07) is 19.0. The number of rotatable bonds is 3. The molecule has 2 aromatic heterocycles. The molecule has 3 heterocycles. The second-order valence-electron chi connectivity index (χ2n) is 7.80. The van der Waals surface area contributed by atoms with E-state index >= 15 is 0 Å². The van der Waals surface area contributed by atoms with Crippen LogP contribution in [-0.4, -0.2) is 27.0 Å². The number of nitrogens with one attached hydrogen (secondary N) is 2. The lowest BCUT2D eigenvalue weighted by Crippen LogP contribution is -2.31. The Hall–Kier alpha value is -4.20. The summed E-state index contributed by atoms with van der Waals surface area (Å²) in [7, 11) is 1.50. The molecule has 1 amide bonds. The highest BCUT2D eigenvalue weighted by Gasteiger charge is 2.20. The number of para-hydroxylation sites is 2. The van der Waals surface area contributed by atoms with Crippen LogP contribution in [0.2, 0.25) is 0 Å². The fourth-order valence-corrected chi connectivity index (χ4v) is 4.10. The molecule has 0 atom stereocenters. The van der Waals surface area contributed by atoms with Crippen molar-refractivity contribution in [3.8, 4) is 0 Å². The van der Waals surface area contributed by atoms with Crippen LogP contribution in [0.15, 0.2) is 70.3 Å². The first-order valence-electron chi connectivity index (χ1n) is 10.3. The van der Waals surface area contributed by atoms with Gasteiger partial charge in [-0.1, -0.05) is 36.4 Å². The van der Waals surface area contributed by atoms with E-state index in [2.05, 4.69) is 38.4 Å². The predicted molar refractivity (Wildman–Crippen MR) is 123 cm³/mol. The molecule has 5 rings (SSSR count). The standard InChI is InChI=1S/C24H21N5O3/c1-28-21-17(22(30)27-24(28)32)10-11-19(25-21)23(31)26-18-8-4-5-9-20(18)29-13-12-15-6-2-3-7-16(15)14-29/h2-11H,12-14H2,1H3,(H,26,31)(H,27,30,32). The summed E-state index contributed by atoms with van der Waals surface area (Å²) >= 11 is 0. The lowest BCUT2D eigenvalue weighted by molar-refractivity contribution is 0.102. The fraction of sp³-hybridized carbons (Fsp3) is 0.167. The zero-order chi connectivity index (χ0) is 22.2. The SMILES string of the molecule is Cn1c(=O)[nH]c(=O)c2ccc(C(=O)Nc3ccccc3N3CCc4ccccc4C3)nc21. The molecule has 0 radical (unpaired) electrons. The van der Waals surface area contributed by atoms with Crippen LogP contribution in [-0.2, 0) is 20.0 Å². The Morgan fingerprint density at radius 1 is 1.00 bits per heavy atom. The van der Waals surface area contributed by atoms with E-state index in [4.69, 9.17) is 0 Å². The fourth-order valence-electron chi connectivity index (χ4n) is 4.10. The molecule has 1 aliphatic heterocycles. The zero-order valence-corrected chi connectivity index (χ0v) is 17.5. The van der Waals surface area contributed by atoms with Crippen molar-refractivity contribution < 1.29 is 4.79 Å². The van der Waals surface area contributed by atoms with Crippen LogP contribution in [0.5, 0.6) is 0 Å². The van der Waals surface area contributed by atoms with Gasteiger partial charge in [0.05, 0.1) is 16.8 Å². The highest BCUT2D eigenvalue weighted by atomic mass is 16.2. The maximum Gasteiger partial charge on any atom is 0.329 e. The molecule has 0 saturated carbocycles. The largest absolute Gasteiger partial charge is 0.365 e. The summed E-state index contributed by atoms with van der Waals surface area (Å²) in [5.74, 6) is -0.413. The number of hydrogen-bond donors (Lipinski definition) is 2. The van der Waals surface area contributed by atoms with Gasteiger partial charge in [0.2, 0.25) is 0 Å². The van der Waals surface area contributed by atoms with E-state index in [-0.39, 0.29) is 16.7 Å². The van der Waals surface area contributed by atoms with E-state index in [1.807, 2.05) is 30.3 Å². The summed E-state index contributed by atoms with van der Waals surface area (Å²) in [6.45, 7) is 1.62. The number of aromatic amines is 1. The molecule has 0 unspecified atom stereocenters. The quantitative estimate of drug-likeness (QED) is 0.523. The number of anilines is 2. The van der Waals surface area contributed by atoms with Gasteiger partial charge in [0.15, 0.2) is 0 Å². The minimum Gasteiger partial charge on any atom is -0.365 e. The van der Waals surface area contributed by atoms with Crippen molar-refractivity contribution in [2.45, 2.75) is 13.0 Å². The Morgan fingerprint density at radius 3 is 2.59 bits per heavy atom. The van der Waals surface area contributed by atoms with Gasteiger partial charge in [0, 0.05) is 20.1 Å². The summed E-state index contributed by atoms with van der Waals surface area (Å²) in [5.41, 5.74) is 3.41. The van der Waals surface area contributed by atoms with Gasteiger partial charge in [-0.25, -0.2) is 9.78 Å². The normalized spacial score (nSPS) is 13.1. The van der Waals surface area contributed by atoms with Crippen molar-refractivity contribution in [1.82, 2.24) is 14.5 Å². The van der Waals surface area contributed by atoms with Crippen LogP contribution < -0.4 is 21.5 Å². The third kappa shape index (κ3) is 3.45. The summed E-state index contributed by atoms with van der Waals surface area (Å²) < 4.78 is 1.21. The zero-order valence-electron chi connectivity index (χ0n) is 17.5. The van der Waals surface area contributed by atoms with E-state index in [1.54, 1.807) is 0 Å². The van der Waals surface area contributed by atoms with Gasteiger partial charge in [-0.05, 0) is 41.8 Å². The minimum atomic E-state index is -0.580. The van der Waals surface area contributed by atoms with Crippen molar-refractivity contribution in [3.63, 3.8) is 0 Å². The van der Waals surface area contributed by atoms with Gasteiger partial charge in [0.25, 0.3) is 11.5 Å². The molecule has 2 N–H and O–H groups in total. The minimum absolute atomic E-state index is 0.122. The molecule has 32 heavy (non-hydrogen) atoms. The molecule has 0 aliphatic carbocycles. The number of pyridine rings is 1. The van der Waals surface area contributed by atoms with E-state index < -0.39 is 17.2 Å². The lowest BCUT2D eigenvalue weighted by atomic mass is 9.99. The average Bonchev–Trinajstić information content (AvgIpc) is 2.82. The molecule has 0 bridgehead atoms. The van der Waals surface area contributed by atoms with Crippen molar-refractivity contribution in [2.75, 3.05) is 16.8 Å². The van der Waals surface area contributed by atoms with Gasteiger partial charge < -0.3 is 10.2 Å². The number of hydrogen-bond acceptors (Lipinski definition) is 5. The van der Waals surface area contributed by atoms with Crippen molar-refractivity contribution in [1.29, 1.82) is 0 Å². The first-order chi connectivity index (χ1) is 15.5. The number of fused-ring (bicyclic) bond motifs is 2. The molecule has 0 saturated heterocycles. The number of benzene rings is 2. The average molecular weight is 427 g/mol. The van der Waals surface area contributed by atoms with Gasteiger partial charge in [-0.2, -0.15) is 0 Å². The Bertz CT molecular complexity index is 1470. The topological polar surface area (TPSA) is 100 Å². The Morgan fingerprint density at radius 2 is 1.75 bits per heavy atom. The third-order valence-electron chi connectivity index (χ3n) is 5.82. The number of carbonyl (C=O) groups excluding carboxylic acids is 1. The van der Waals surface area contributed by atoms with Crippen molar-refractivity contribution in [2.24, 2.45) is 7.05 Å². The number of H-pyrrole nitrogens is 1. The Balaban J connectivity index is 1.46. The van der Waals surface area contributed by atoms with E-state index in [0.717, 1.165) is 25.2 Å². The molecule has 0 fully saturated rings. The van der Waals surface area contributed by atoms with Crippen LogP contribution in [0.25, 0.3) is 11.0 Å². The molecule has 2 aromatic carbocycles. The van der Waals surface area contributed by atoms with E-state index in [9.17, 15) is 14.4 Å². The van der Waals surface area contributed by atoms with Crippen LogP contribution in [0.4, 0.5) is 11.4 Å². The first kappa shape index (κ1) is 19.7. The number of amides is 1. The molecule has 4 aromatic rings. The molecule has 160 valence electrons. The molecule has 8 nitrogen and oxygen atoms in total. The second-order valence-corrected chi connectivity index (χ2v) is 7.80. The monoisotopic (exact) mass is 427 g/mol. The van der Waals surface area contributed by atoms with Gasteiger partial charge in [-0.15, -0.1) is 0 Å². The summed E-state index contributed by atoms with van der Waals surface area (Å²) in [5, 5.41) is 3.19. The highest BCUT2D eigenvalue weighted by Crippen LogP contribution is 2.30. The van der Waals surface area contributed by atoms with Gasteiger partial charge >= 0.3 is 5.69 Å². The summed E-state index contributed by atoms with van der Waals surface area (Å²) in [4.78, 5) is 45.7. The number of carbonyl (C=O) groups is 1. The van der Waals surface area contributed by atoms with Crippen LogP contribution in [0, 0.1) is 0 Å². The van der Waals surface area contributed by atoms with Crippen LogP contribution in [0.1, 0.15) is 21.6 Å². The number of aromatic nitrogens is 3. The molecular formula is C24H21N5O3. The number of aryl methyl sites for hydroxylation is 1. The second kappa shape index (κ2) is 7.81. The van der Waals surface area contributed by atoms with E-state index in [0.29, 0.717) is 5.69 Å². The maximum atomic E-state index is 13.0. The molecule has 1 aliphatic rings. The number of nitrogens with zero attached hydrogens (tertiary/aromatic N) is 3. The van der Waals surface area contributed by atoms with Gasteiger partial charge in [0.1, 0.15) is 11.3 Å². The Labute approximate surface area is 183 Å². The predicted octanol–water partition coefficient (Wildman–Crippen LogP) is 2.44. The molecular weight excluding hydrogens is 406 g/mol.